The van der Waals surface area contributed by atoms with Crippen LogP contribution in [0.4, 0.5) is 10.9 Å². The van der Waals surface area contributed by atoms with Gasteiger partial charge in [-0.15, -0.1) is 0 Å². The van der Waals surface area contributed by atoms with Crippen molar-refractivity contribution in [3.63, 3.8) is 0 Å². The van der Waals surface area contributed by atoms with Gasteiger partial charge in [0, 0.05) is 36.2 Å². The number of anilines is 2. The number of H-pyrrole nitrogens is 1. The van der Waals surface area contributed by atoms with Crippen molar-refractivity contribution >= 4 is 45.1 Å². The van der Waals surface area contributed by atoms with Gasteiger partial charge < -0.3 is 4.98 Å². The highest BCUT2D eigenvalue weighted by atomic mass is 32.2. The van der Waals surface area contributed by atoms with Crippen LogP contribution in [0.5, 0.6) is 0 Å². The first-order chi connectivity index (χ1) is 13.6. The van der Waals surface area contributed by atoms with Gasteiger partial charge in [-0.3, -0.25) is 25.1 Å². The third-order valence-electron chi connectivity index (χ3n) is 3.83. The molecule has 3 heterocycles. The van der Waals surface area contributed by atoms with Crippen LogP contribution in [0, 0.1) is 0 Å². The molecule has 0 aliphatic heterocycles. The van der Waals surface area contributed by atoms with E-state index in [1.807, 2.05) is 6.26 Å². The molecule has 3 N–H and O–H groups in total. The lowest BCUT2D eigenvalue weighted by Gasteiger charge is -1.99. The second-order valence-corrected chi connectivity index (χ2v) is 7.02. The van der Waals surface area contributed by atoms with Crippen LogP contribution >= 0.6 is 23.3 Å². The van der Waals surface area contributed by atoms with E-state index in [1.165, 1.54) is 11.8 Å². The summed E-state index contributed by atoms with van der Waals surface area (Å²) in [5.74, 6) is 0.572. The molecule has 28 heavy (non-hydrogen) atoms. The number of nitrogens with one attached hydrogen (secondary N) is 3. The zero-order valence-corrected chi connectivity index (χ0v) is 16.3. The Bertz CT molecular complexity index is 1370. The van der Waals surface area contributed by atoms with E-state index < -0.39 is 10.9 Å². The summed E-state index contributed by atoms with van der Waals surface area (Å²) in [6.07, 6.45) is 5.05. The molecular weight excluding hydrogens is 402 g/mol. The van der Waals surface area contributed by atoms with Crippen molar-refractivity contribution in [3.05, 3.63) is 55.7 Å². The highest BCUT2D eigenvalue weighted by Crippen LogP contribution is 2.17. The summed E-state index contributed by atoms with van der Waals surface area (Å²) < 4.78 is 5.66. The minimum Gasteiger partial charge on any atom is -0.359 e. The normalized spacial score (nSPS) is 12.8. The summed E-state index contributed by atoms with van der Waals surface area (Å²) in [6, 6.07) is 3.35. The van der Waals surface area contributed by atoms with E-state index in [0.29, 0.717) is 27.0 Å². The van der Waals surface area contributed by atoms with Crippen LogP contribution in [0.3, 0.4) is 0 Å². The van der Waals surface area contributed by atoms with Gasteiger partial charge in [0.15, 0.2) is 5.36 Å². The van der Waals surface area contributed by atoms with E-state index in [1.54, 1.807) is 36.3 Å². The maximum Gasteiger partial charge on any atom is 0.257 e. The Morgan fingerprint density at radius 2 is 1.96 bits per heavy atom. The molecule has 0 aliphatic carbocycles. The number of fused-ring (bicyclic) bond motifs is 1. The fourth-order valence-electron chi connectivity index (χ4n) is 2.47. The van der Waals surface area contributed by atoms with Crippen molar-refractivity contribution in [2.75, 3.05) is 17.1 Å². The summed E-state index contributed by atoms with van der Waals surface area (Å²) in [6.45, 7) is 0. The molecule has 0 amide bonds. The van der Waals surface area contributed by atoms with Crippen LogP contribution in [0.25, 0.3) is 10.9 Å². The van der Waals surface area contributed by atoms with Crippen LogP contribution in [0.2, 0.25) is 0 Å². The molecule has 0 saturated heterocycles. The maximum absolute atomic E-state index is 12.6. The molecular formula is C15H13N9O2S2. The first-order valence-electron chi connectivity index (χ1n) is 7.88. The zero-order chi connectivity index (χ0) is 19.7. The van der Waals surface area contributed by atoms with Crippen LogP contribution in [-0.4, -0.2) is 30.4 Å². The van der Waals surface area contributed by atoms with Crippen molar-refractivity contribution in [1.29, 1.82) is 0 Å². The number of rotatable bonds is 5. The Labute approximate surface area is 164 Å². The number of aromatic amines is 1. The second-order valence-electron chi connectivity index (χ2n) is 5.50. The minimum atomic E-state index is -0.771. The third kappa shape index (κ3) is 3.20. The largest absolute Gasteiger partial charge is 0.359 e. The first kappa shape index (κ1) is 18.1. The summed E-state index contributed by atoms with van der Waals surface area (Å²) in [7, 11) is 1.72. The van der Waals surface area contributed by atoms with Crippen molar-refractivity contribution in [2.45, 2.75) is 5.16 Å². The SMILES string of the molecule is CSc1nsc(N/N=c2/c(=O)c(=O)/c(=N\Nc3ccnn3C)c3[nH]ccc23)n1. The Morgan fingerprint density at radius 1 is 1.18 bits per heavy atom. The molecule has 0 bridgehead atoms. The Hall–Kier alpha value is -3.32. The lowest BCUT2D eigenvalue weighted by Crippen LogP contribution is -2.48. The molecule has 1 aromatic carbocycles. The number of aryl methyl sites for hydroxylation is 1. The molecule has 0 fully saturated rings. The van der Waals surface area contributed by atoms with Gasteiger partial charge >= 0.3 is 0 Å². The fourth-order valence-corrected chi connectivity index (χ4v) is 3.54. The van der Waals surface area contributed by atoms with Gasteiger partial charge in [-0.2, -0.15) is 24.7 Å². The molecule has 0 radical (unpaired) electrons. The van der Waals surface area contributed by atoms with Crippen LogP contribution < -0.4 is 32.4 Å². The predicted octanol–water partition coefficient (Wildman–Crippen LogP) is -0.0736. The Kier molecular flexibility index (Phi) is 4.75. The summed E-state index contributed by atoms with van der Waals surface area (Å²) >= 11 is 2.50. The van der Waals surface area contributed by atoms with Gasteiger partial charge in [0.1, 0.15) is 11.2 Å². The zero-order valence-electron chi connectivity index (χ0n) is 14.6. The minimum absolute atomic E-state index is 0.0124. The molecule has 142 valence electrons. The van der Waals surface area contributed by atoms with Gasteiger partial charge in [-0.25, -0.2) is 0 Å². The summed E-state index contributed by atoms with van der Waals surface area (Å²) in [4.78, 5) is 32.3. The molecule has 3 aromatic heterocycles. The average Bonchev–Trinajstić information content (AvgIpc) is 3.43. The molecule has 0 aliphatic rings. The standard InChI is InChI=1S/C15H13N9O2S2/c1-24-8(4-6-17-24)19-21-11-9-7(3-5-16-9)10(12(25)13(11)26)20-22-14-18-15(27-2)23-28-14/h3-6,16,19H,1-2H3,(H,18,22,23)/b20-10+,21-11-. The van der Waals surface area contributed by atoms with Crippen molar-refractivity contribution < 1.29 is 0 Å². The number of thioether (sulfide) groups is 1. The highest BCUT2D eigenvalue weighted by molar-refractivity contribution is 7.98. The summed E-state index contributed by atoms with van der Waals surface area (Å²) in [5.41, 5.74) is 4.31. The smallest absolute Gasteiger partial charge is 0.257 e. The number of benzene rings is 1. The van der Waals surface area contributed by atoms with E-state index in [0.717, 1.165) is 11.5 Å². The van der Waals surface area contributed by atoms with Crippen LogP contribution in [0.15, 0.2) is 49.5 Å². The Balaban J connectivity index is 1.82. The lowest BCUT2D eigenvalue weighted by molar-refractivity contribution is 0.770. The van der Waals surface area contributed by atoms with Gasteiger partial charge in [0.05, 0.1) is 11.7 Å². The molecule has 0 spiro atoms. The number of aromatic nitrogens is 5. The number of nitrogens with zero attached hydrogens (tertiary/aromatic N) is 6. The van der Waals surface area contributed by atoms with Gasteiger partial charge in [-0.05, 0) is 12.3 Å². The van der Waals surface area contributed by atoms with Crippen molar-refractivity contribution in [3.8, 4) is 0 Å². The number of hydrogen-bond acceptors (Lipinski definition) is 11. The fraction of sp³-hybridized carbons (Fsp3) is 0.133. The van der Waals surface area contributed by atoms with E-state index >= 15 is 0 Å². The van der Waals surface area contributed by atoms with Gasteiger partial charge in [0.2, 0.25) is 10.3 Å². The first-order valence-corrected chi connectivity index (χ1v) is 9.88. The molecule has 11 nitrogen and oxygen atoms in total. The molecule has 13 heteroatoms. The molecule has 0 saturated carbocycles. The maximum atomic E-state index is 12.6. The number of hydrogen-bond donors (Lipinski definition) is 3. The van der Waals surface area contributed by atoms with Crippen molar-refractivity contribution in [1.82, 2.24) is 24.1 Å². The van der Waals surface area contributed by atoms with Gasteiger partial charge in [0.25, 0.3) is 10.9 Å². The topological polar surface area (TPSA) is 142 Å². The monoisotopic (exact) mass is 415 g/mol. The van der Waals surface area contributed by atoms with E-state index in [4.69, 9.17) is 0 Å². The second kappa shape index (κ2) is 7.36. The predicted molar refractivity (Wildman–Crippen MR) is 106 cm³/mol. The molecule has 4 aromatic rings. The van der Waals surface area contributed by atoms with E-state index in [2.05, 4.69) is 40.5 Å². The lowest BCUT2D eigenvalue weighted by atomic mass is 10.2. The van der Waals surface area contributed by atoms with E-state index in [-0.39, 0.29) is 10.7 Å². The molecule has 4 rings (SSSR count). The van der Waals surface area contributed by atoms with E-state index in [9.17, 15) is 9.59 Å². The quantitative estimate of drug-likeness (QED) is 0.233. The molecule has 0 unspecified atom stereocenters. The third-order valence-corrected chi connectivity index (χ3v) is 5.11. The highest BCUT2D eigenvalue weighted by Gasteiger charge is 2.12. The average molecular weight is 415 g/mol. The summed E-state index contributed by atoms with van der Waals surface area (Å²) in [5, 5.41) is 13.7. The van der Waals surface area contributed by atoms with Crippen LogP contribution in [0.1, 0.15) is 0 Å². The van der Waals surface area contributed by atoms with Gasteiger partial charge in [-0.1, -0.05) is 11.8 Å². The van der Waals surface area contributed by atoms with Crippen LogP contribution in [-0.2, 0) is 7.05 Å². The Morgan fingerprint density at radius 3 is 2.68 bits per heavy atom. The molecule has 0 atom stereocenters. The van der Waals surface area contributed by atoms with Crippen molar-refractivity contribution in [2.24, 2.45) is 17.3 Å².